The summed E-state index contributed by atoms with van der Waals surface area (Å²) in [7, 11) is 0. The van der Waals surface area contributed by atoms with Crippen LogP contribution in [0.3, 0.4) is 0 Å². The molecule has 0 unspecified atom stereocenters. The average Bonchev–Trinajstić information content (AvgIpc) is 2.29. The van der Waals surface area contributed by atoms with E-state index in [0.29, 0.717) is 6.29 Å². The SMILES string of the molecule is CC(C)Oc1c(C=O)ccc(C(=O)O)c1OC(C)C. The molecule has 0 amide bonds. The minimum Gasteiger partial charge on any atom is -0.486 e. The lowest BCUT2D eigenvalue weighted by Gasteiger charge is -2.20. The standard InChI is InChI=1S/C14H18O5/c1-8(2)18-12-10(7-15)5-6-11(14(16)17)13(12)19-9(3)4/h5-9H,1-4H3,(H,16,17). The van der Waals surface area contributed by atoms with Crippen LogP contribution in [0.15, 0.2) is 12.1 Å². The second-order valence-corrected chi connectivity index (χ2v) is 4.62. The van der Waals surface area contributed by atoms with Gasteiger partial charge in [-0.05, 0) is 39.8 Å². The third-order valence-corrected chi connectivity index (χ3v) is 2.21. The molecule has 0 aliphatic rings. The summed E-state index contributed by atoms with van der Waals surface area (Å²) in [4.78, 5) is 22.3. The van der Waals surface area contributed by atoms with Gasteiger partial charge in [0, 0.05) is 0 Å². The molecule has 5 heteroatoms. The molecule has 1 aromatic carbocycles. The van der Waals surface area contributed by atoms with E-state index in [9.17, 15) is 14.7 Å². The van der Waals surface area contributed by atoms with Gasteiger partial charge in [0.05, 0.1) is 17.8 Å². The molecule has 0 bridgehead atoms. The molecule has 1 aromatic rings. The first-order valence-corrected chi connectivity index (χ1v) is 6.05. The molecule has 0 aliphatic heterocycles. The normalized spacial score (nSPS) is 10.6. The Morgan fingerprint density at radius 3 is 2.05 bits per heavy atom. The van der Waals surface area contributed by atoms with Crippen molar-refractivity contribution >= 4 is 12.3 Å². The summed E-state index contributed by atoms with van der Waals surface area (Å²) in [5, 5.41) is 9.18. The van der Waals surface area contributed by atoms with Gasteiger partial charge in [-0.2, -0.15) is 0 Å². The Kier molecular flexibility index (Phi) is 4.92. The van der Waals surface area contributed by atoms with Crippen LogP contribution in [-0.2, 0) is 0 Å². The van der Waals surface area contributed by atoms with Gasteiger partial charge in [0.1, 0.15) is 5.56 Å². The molecule has 104 valence electrons. The zero-order chi connectivity index (χ0) is 14.6. The molecule has 0 heterocycles. The quantitative estimate of drug-likeness (QED) is 0.801. The number of hydrogen-bond acceptors (Lipinski definition) is 4. The highest BCUT2D eigenvalue weighted by Gasteiger charge is 2.22. The highest BCUT2D eigenvalue weighted by molar-refractivity contribution is 5.94. The Morgan fingerprint density at radius 2 is 1.63 bits per heavy atom. The van der Waals surface area contributed by atoms with Crippen molar-refractivity contribution in [3.8, 4) is 11.5 Å². The maximum atomic E-state index is 11.2. The fourth-order valence-electron chi connectivity index (χ4n) is 1.55. The predicted octanol–water partition coefficient (Wildman–Crippen LogP) is 2.77. The summed E-state index contributed by atoms with van der Waals surface area (Å²) in [5.74, 6) is -0.846. The van der Waals surface area contributed by atoms with Crippen LogP contribution in [0.1, 0.15) is 48.4 Å². The Bertz CT molecular complexity index is 477. The molecule has 0 fully saturated rings. The summed E-state index contributed by atoms with van der Waals surface area (Å²) in [6.45, 7) is 7.14. The van der Waals surface area contributed by atoms with E-state index < -0.39 is 5.97 Å². The maximum absolute atomic E-state index is 11.2. The first kappa shape index (κ1) is 15.0. The van der Waals surface area contributed by atoms with Crippen LogP contribution in [-0.4, -0.2) is 29.6 Å². The first-order chi connectivity index (χ1) is 8.86. The predicted molar refractivity (Wildman–Crippen MR) is 70.3 cm³/mol. The van der Waals surface area contributed by atoms with Gasteiger partial charge < -0.3 is 14.6 Å². The van der Waals surface area contributed by atoms with Gasteiger partial charge in [0.15, 0.2) is 17.8 Å². The van der Waals surface area contributed by atoms with Gasteiger partial charge >= 0.3 is 5.97 Å². The van der Waals surface area contributed by atoms with Crippen molar-refractivity contribution in [1.82, 2.24) is 0 Å². The minimum atomic E-state index is -1.12. The number of rotatable bonds is 6. The van der Waals surface area contributed by atoms with Gasteiger partial charge in [0.25, 0.3) is 0 Å². The van der Waals surface area contributed by atoms with Gasteiger partial charge in [-0.3, -0.25) is 4.79 Å². The van der Waals surface area contributed by atoms with Gasteiger partial charge in [0.2, 0.25) is 0 Å². The van der Waals surface area contributed by atoms with E-state index in [1.54, 1.807) is 27.7 Å². The zero-order valence-electron chi connectivity index (χ0n) is 11.5. The molecule has 19 heavy (non-hydrogen) atoms. The lowest BCUT2D eigenvalue weighted by Crippen LogP contribution is -2.15. The van der Waals surface area contributed by atoms with Crippen molar-refractivity contribution < 1.29 is 24.2 Å². The third kappa shape index (κ3) is 3.71. The number of aldehydes is 1. The topological polar surface area (TPSA) is 72.8 Å². The molecule has 0 aliphatic carbocycles. The Morgan fingerprint density at radius 1 is 1.11 bits per heavy atom. The molecule has 0 atom stereocenters. The summed E-state index contributed by atoms with van der Waals surface area (Å²) < 4.78 is 11.1. The second kappa shape index (κ2) is 6.22. The monoisotopic (exact) mass is 266 g/mol. The Balaban J connectivity index is 3.45. The fraction of sp³-hybridized carbons (Fsp3) is 0.429. The molecule has 1 N–H and O–H groups in total. The van der Waals surface area contributed by atoms with Crippen LogP contribution in [0.5, 0.6) is 11.5 Å². The molecule has 5 nitrogen and oxygen atoms in total. The largest absolute Gasteiger partial charge is 0.486 e. The van der Waals surface area contributed by atoms with E-state index in [1.165, 1.54) is 12.1 Å². The van der Waals surface area contributed by atoms with Crippen molar-refractivity contribution in [2.45, 2.75) is 39.9 Å². The number of benzene rings is 1. The van der Waals surface area contributed by atoms with Crippen LogP contribution in [0.2, 0.25) is 0 Å². The van der Waals surface area contributed by atoms with E-state index >= 15 is 0 Å². The highest BCUT2D eigenvalue weighted by Crippen LogP contribution is 2.36. The Hall–Kier alpha value is -2.04. The number of carboxylic acids is 1. The average molecular weight is 266 g/mol. The maximum Gasteiger partial charge on any atom is 0.339 e. The molecule has 0 saturated heterocycles. The summed E-state index contributed by atoms with van der Waals surface area (Å²) in [5.41, 5.74) is 0.254. The molecule has 0 radical (unpaired) electrons. The van der Waals surface area contributed by atoms with Gasteiger partial charge in [-0.1, -0.05) is 0 Å². The molecule has 0 saturated carbocycles. The van der Waals surface area contributed by atoms with Gasteiger partial charge in [-0.15, -0.1) is 0 Å². The second-order valence-electron chi connectivity index (χ2n) is 4.62. The van der Waals surface area contributed by atoms with Crippen LogP contribution in [0.25, 0.3) is 0 Å². The van der Waals surface area contributed by atoms with E-state index in [0.717, 1.165) is 0 Å². The number of ether oxygens (including phenoxy) is 2. The first-order valence-electron chi connectivity index (χ1n) is 6.05. The van der Waals surface area contributed by atoms with E-state index in [1.807, 2.05) is 0 Å². The number of aromatic carboxylic acids is 1. The number of carbonyl (C=O) groups excluding carboxylic acids is 1. The molecular weight excluding hydrogens is 248 g/mol. The van der Waals surface area contributed by atoms with Crippen LogP contribution in [0, 0.1) is 0 Å². The molecule has 0 spiro atoms. The smallest absolute Gasteiger partial charge is 0.339 e. The number of hydrogen-bond donors (Lipinski definition) is 1. The summed E-state index contributed by atoms with van der Waals surface area (Å²) in [6.07, 6.45) is 0.197. The Labute approximate surface area is 112 Å². The van der Waals surface area contributed by atoms with Gasteiger partial charge in [-0.25, -0.2) is 4.79 Å². The fourth-order valence-corrected chi connectivity index (χ4v) is 1.55. The van der Waals surface area contributed by atoms with Crippen molar-refractivity contribution in [3.05, 3.63) is 23.3 Å². The van der Waals surface area contributed by atoms with Crippen molar-refractivity contribution in [1.29, 1.82) is 0 Å². The summed E-state index contributed by atoms with van der Waals surface area (Å²) in [6, 6.07) is 2.76. The van der Waals surface area contributed by atoms with Crippen LogP contribution in [0.4, 0.5) is 0 Å². The van der Waals surface area contributed by atoms with Crippen molar-refractivity contribution in [3.63, 3.8) is 0 Å². The lowest BCUT2D eigenvalue weighted by molar-refractivity contribution is 0.0687. The molecule has 0 aromatic heterocycles. The zero-order valence-corrected chi connectivity index (χ0v) is 11.5. The van der Waals surface area contributed by atoms with E-state index in [4.69, 9.17) is 9.47 Å². The van der Waals surface area contributed by atoms with E-state index in [2.05, 4.69) is 0 Å². The molecular formula is C14H18O5. The minimum absolute atomic E-state index is 0.0186. The van der Waals surface area contributed by atoms with Crippen molar-refractivity contribution in [2.24, 2.45) is 0 Å². The number of carbonyl (C=O) groups is 2. The van der Waals surface area contributed by atoms with Crippen LogP contribution < -0.4 is 9.47 Å². The highest BCUT2D eigenvalue weighted by atomic mass is 16.5. The third-order valence-electron chi connectivity index (χ3n) is 2.21. The lowest BCUT2D eigenvalue weighted by atomic mass is 10.1. The van der Waals surface area contributed by atoms with Crippen molar-refractivity contribution in [2.75, 3.05) is 0 Å². The van der Waals surface area contributed by atoms with Crippen LogP contribution >= 0.6 is 0 Å². The molecule has 1 rings (SSSR count). The van der Waals surface area contributed by atoms with E-state index in [-0.39, 0.29) is 34.8 Å². The number of carboxylic acid groups (broad SMARTS) is 1. The summed E-state index contributed by atoms with van der Waals surface area (Å²) >= 11 is 0.